The molecule has 1 unspecified atom stereocenters. The fraction of sp³-hybridized carbons (Fsp3) is 0.529. The van der Waals surface area contributed by atoms with Crippen molar-refractivity contribution in [2.24, 2.45) is 0 Å². The van der Waals surface area contributed by atoms with Crippen molar-refractivity contribution in [2.45, 2.75) is 41.7 Å². The predicted octanol–water partition coefficient (Wildman–Crippen LogP) is 4.75. The molecule has 0 aliphatic heterocycles. The zero-order valence-electron chi connectivity index (χ0n) is 19.6. The van der Waals surface area contributed by atoms with Crippen LogP contribution in [0.25, 0.3) is 0 Å². The van der Waals surface area contributed by atoms with Gasteiger partial charge in [0.2, 0.25) is 0 Å². The summed E-state index contributed by atoms with van der Waals surface area (Å²) < 4.78 is 234. The summed E-state index contributed by atoms with van der Waals surface area (Å²) in [4.78, 5) is 23.2. The molecule has 1 aromatic carbocycles. The van der Waals surface area contributed by atoms with E-state index in [1.54, 1.807) is 4.74 Å². The minimum Gasteiger partial charge on any atom is -0.465 e. The van der Waals surface area contributed by atoms with E-state index in [2.05, 4.69) is 14.2 Å². The summed E-state index contributed by atoms with van der Waals surface area (Å²) in [6.07, 6.45) is -37.5. The Morgan fingerprint density at radius 2 is 1.05 bits per heavy atom. The van der Waals surface area contributed by atoms with Crippen LogP contribution in [0.1, 0.15) is 20.7 Å². The molecule has 0 bridgehead atoms. The van der Waals surface area contributed by atoms with Gasteiger partial charge in [-0.1, -0.05) is 0 Å². The second kappa shape index (κ2) is 11.1. The van der Waals surface area contributed by atoms with Crippen LogP contribution in [0.3, 0.4) is 0 Å². The van der Waals surface area contributed by atoms with Gasteiger partial charge in [0.25, 0.3) is 0 Å². The second-order valence-corrected chi connectivity index (χ2v) is 8.65. The summed E-state index contributed by atoms with van der Waals surface area (Å²) in [5, 5.41) is -7.39. The van der Waals surface area contributed by atoms with Crippen molar-refractivity contribution in [3.63, 3.8) is 0 Å². The Balaban J connectivity index is 3.61. The van der Waals surface area contributed by atoms with Gasteiger partial charge in [0, 0.05) is 0 Å². The molecule has 0 aliphatic carbocycles. The van der Waals surface area contributed by atoms with Crippen molar-refractivity contribution in [2.75, 3.05) is 14.2 Å². The van der Waals surface area contributed by atoms with Gasteiger partial charge >= 0.3 is 63.8 Å². The van der Waals surface area contributed by atoms with Crippen LogP contribution in [0, 0.1) is 0 Å². The second-order valence-electron chi connectivity index (χ2n) is 7.19. The number of rotatable bonds is 12. The summed E-state index contributed by atoms with van der Waals surface area (Å²) in [5.74, 6) is -12.8. The van der Waals surface area contributed by atoms with Gasteiger partial charge in [0.05, 0.1) is 25.3 Å². The summed E-state index contributed by atoms with van der Waals surface area (Å²) in [5.41, 5.74) is -1.95. The minimum absolute atomic E-state index is 0.0383. The molecule has 0 amide bonds. The maximum Gasteiger partial charge on any atom is 0.494 e. The van der Waals surface area contributed by atoms with Crippen molar-refractivity contribution >= 4 is 22.1 Å². The Morgan fingerprint density at radius 3 is 1.38 bits per heavy atom. The van der Waals surface area contributed by atoms with Crippen LogP contribution in [-0.2, 0) is 29.1 Å². The Hall–Kier alpha value is -3.19. The third-order valence-electron chi connectivity index (χ3n) is 4.26. The van der Waals surface area contributed by atoms with E-state index >= 15 is 0 Å². The van der Waals surface area contributed by atoms with Crippen molar-refractivity contribution in [3.05, 3.63) is 29.3 Å². The number of hydrogen-bond donors (Lipinski definition) is 1. The highest BCUT2D eigenvalue weighted by atomic mass is 32.2. The number of ether oxygens (including phenoxy) is 5. The highest BCUT2D eigenvalue weighted by Gasteiger charge is 2.84. The molecule has 0 heterocycles. The molecular formula is C17H10F14O10S. The lowest BCUT2D eigenvalue weighted by molar-refractivity contribution is -0.554. The molecule has 0 fully saturated rings. The largest absolute Gasteiger partial charge is 0.494 e. The van der Waals surface area contributed by atoms with Crippen LogP contribution >= 0.6 is 0 Å². The quantitative estimate of drug-likeness (QED) is 0.188. The molecule has 242 valence electrons. The van der Waals surface area contributed by atoms with Crippen molar-refractivity contribution in [1.82, 2.24) is 0 Å². The van der Waals surface area contributed by atoms with Gasteiger partial charge in [0.15, 0.2) is 0 Å². The fourth-order valence-corrected chi connectivity index (χ4v) is 2.63. The molecule has 25 heteroatoms. The van der Waals surface area contributed by atoms with E-state index in [4.69, 9.17) is 4.55 Å². The molecule has 10 nitrogen and oxygen atoms in total. The van der Waals surface area contributed by atoms with Gasteiger partial charge in [-0.2, -0.15) is 69.9 Å². The van der Waals surface area contributed by atoms with Crippen LogP contribution in [0.4, 0.5) is 61.5 Å². The Labute approximate surface area is 221 Å². The first-order valence-electron chi connectivity index (χ1n) is 9.46. The zero-order valence-corrected chi connectivity index (χ0v) is 20.4. The topological polar surface area (TPSA) is 135 Å². The number of carbonyl (C=O) groups excluding carboxylic acids is 2. The first kappa shape index (κ1) is 36.8. The molecule has 0 aliphatic rings. The fourth-order valence-electron chi connectivity index (χ4n) is 2.29. The number of halogens is 14. The van der Waals surface area contributed by atoms with E-state index in [0.717, 1.165) is 0 Å². The van der Waals surface area contributed by atoms with Crippen LogP contribution in [0.15, 0.2) is 18.2 Å². The molecule has 0 saturated carbocycles. The first-order valence-corrected chi connectivity index (χ1v) is 10.9. The molecule has 1 rings (SSSR count). The first-order chi connectivity index (χ1) is 18.4. The summed E-state index contributed by atoms with van der Waals surface area (Å²) in [7, 11) is -6.30. The molecule has 0 spiro atoms. The number of alkyl halides is 14. The van der Waals surface area contributed by atoms with Crippen LogP contribution < -0.4 is 4.74 Å². The Kier molecular flexibility index (Phi) is 9.77. The van der Waals surface area contributed by atoms with E-state index in [1.807, 2.05) is 0 Å². The van der Waals surface area contributed by atoms with Crippen molar-refractivity contribution < 1.29 is 108 Å². The number of methoxy groups -OCH3 is 2. The SMILES string of the molecule is COC(=O)c1cc(OC(F)(F)C(F)(F)OC(F)(F)C(F)(OC(F)(F)C(F)(F)S(=O)(=O)O)C(F)(F)F)cc(C(=O)OC)c1. The standard InChI is InChI=1S/C17H10F14O10S/c1-37-9(32)6-3-7(10(33)38-2)5-8(4-6)39-14(24,25)15(26,27)41-13(22,23)11(18,12(19,20)21)40-16(28,29)17(30,31)42(34,35)36/h3-5H,1-2H3,(H,34,35,36). The predicted molar refractivity (Wildman–Crippen MR) is 98.1 cm³/mol. The third kappa shape index (κ3) is 6.88. The van der Waals surface area contributed by atoms with Gasteiger partial charge in [-0.3, -0.25) is 9.29 Å². The monoisotopic (exact) mass is 672 g/mol. The molecule has 1 N–H and O–H groups in total. The van der Waals surface area contributed by atoms with Crippen molar-refractivity contribution in [3.8, 4) is 5.75 Å². The van der Waals surface area contributed by atoms with Crippen LogP contribution in [0.2, 0.25) is 0 Å². The number of hydrogen-bond acceptors (Lipinski definition) is 9. The summed E-state index contributed by atoms with van der Waals surface area (Å²) in [6.45, 7) is 0. The zero-order chi connectivity index (χ0) is 33.5. The van der Waals surface area contributed by atoms with Gasteiger partial charge in [0.1, 0.15) is 5.75 Å². The van der Waals surface area contributed by atoms with E-state index in [0.29, 0.717) is 20.3 Å². The lowest BCUT2D eigenvalue weighted by Gasteiger charge is -2.38. The molecule has 0 radical (unpaired) electrons. The van der Waals surface area contributed by atoms with Crippen molar-refractivity contribution in [1.29, 1.82) is 0 Å². The van der Waals surface area contributed by atoms with Gasteiger partial charge in [-0.05, 0) is 18.2 Å². The van der Waals surface area contributed by atoms with Crippen LogP contribution in [-0.4, -0.2) is 80.8 Å². The summed E-state index contributed by atoms with van der Waals surface area (Å²) >= 11 is 0. The maximum absolute atomic E-state index is 14.2. The molecular weight excluding hydrogens is 662 g/mol. The molecule has 42 heavy (non-hydrogen) atoms. The normalized spacial score (nSPS) is 15.5. The third-order valence-corrected chi connectivity index (χ3v) is 5.15. The smallest absolute Gasteiger partial charge is 0.465 e. The minimum atomic E-state index is -8.00. The molecule has 0 saturated heterocycles. The van der Waals surface area contributed by atoms with E-state index in [-0.39, 0.29) is 12.1 Å². The lowest BCUT2D eigenvalue weighted by Crippen LogP contribution is -2.66. The molecule has 1 aromatic rings. The van der Waals surface area contributed by atoms with E-state index in [9.17, 15) is 79.5 Å². The highest BCUT2D eigenvalue weighted by Crippen LogP contribution is 2.55. The summed E-state index contributed by atoms with van der Waals surface area (Å²) in [6, 6.07) is 0.583. The maximum atomic E-state index is 14.2. The highest BCUT2D eigenvalue weighted by molar-refractivity contribution is 7.86. The average molecular weight is 672 g/mol. The molecule has 0 aromatic heterocycles. The van der Waals surface area contributed by atoms with Gasteiger partial charge < -0.3 is 14.2 Å². The van der Waals surface area contributed by atoms with Gasteiger partial charge in [-0.25, -0.2) is 14.3 Å². The number of esters is 2. The molecule has 1 atom stereocenters. The van der Waals surface area contributed by atoms with Gasteiger partial charge in [-0.15, -0.1) is 0 Å². The van der Waals surface area contributed by atoms with E-state index in [1.165, 1.54) is 4.74 Å². The van der Waals surface area contributed by atoms with E-state index < -0.39 is 80.7 Å². The Morgan fingerprint density at radius 1 is 0.643 bits per heavy atom. The number of carbonyl (C=O) groups is 2. The Bertz CT molecular complexity index is 1260. The number of benzene rings is 1. The van der Waals surface area contributed by atoms with Crippen LogP contribution in [0.5, 0.6) is 5.75 Å². The lowest BCUT2D eigenvalue weighted by atomic mass is 10.1. The average Bonchev–Trinajstić information content (AvgIpc) is 2.79.